The van der Waals surface area contributed by atoms with Crippen LogP contribution in [-0.2, 0) is 16.6 Å². The summed E-state index contributed by atoms with van der Waals surface area (Å²) < 4.78 is 29.9. The van der Waals surface area contributed by atoms with Crippen molar-refractivity contribution in [2.45, 2.75) is 13.5 Å². The topological polar surface area (TPSA) is 67.4 Å². The first-order valence-corrected chi connectivity index (χ1v) is 7.56. The Morgan fingerprint density at radius 3 is 2.44 bits per heavy atom. The molecule has 0 radical (unpaired) electrons. The third kappa shape index (κ3) is 5.48. The largest absolute Gasteiger partial charge is 0.494 e. The van der Waals surface area contributed by atoms with E-state index in [1.807, 2.05) is 31.2 Å². The molecule has 6 heteroatoms. The molecule has 2 N–H and O–H groups in total. The maximum absolute atomic E-state index is 11.2. The lowest BCUT2D eigenvalue weighted by Crippen LogP contribution is -2.29. The molecule has 0 aliphatic heterocycles. The van der Waals surface area contributed by atoms with Gasteiger partial charge in [-0.2, -0.15) is 0 Å². The average Bonchev–Trinajstić information content (AvgIpc) is 2.37. The normalized spacial score (nSPS) is 11.4. The van der Waals surface area contributed by atoms with Gasteiger partial charge in [-0.3, -0.25) is 0 Å². The predicted molar refractivity (Wildman–Crippen MR) is 72.2 cm³/mol. The summed E-state index contributed by atoms with van der Waals surface area (Å²) in [5.41, 5.74) is 1.10. The average molecular weight is 272 g/mol. The summed E-state index contributed by atoms with van der Waals surface area (Å²) in [6.07, 6.45) is 0. The molecule has 102 valence electrons. The lowest BCUT2D eigenvalue weighted by Gasteiger charge is -2.07. The Morgan fingerprint density at radius 1 is 1.22 bits per heavy atom. The zero-order chi connectivity index (χ0) is 13.4. The Hall–Kier alpha value is -1.11. The summed E-state index contributed by atoms with van der Waals surface area (Å²) in [4.78, 5) is 0. The molecule has 0 aliphatic rings. The molecule has 0 saturated carbocycles. The Labute approximate surface area is 109 Å². The molecule has 0 amide bonds. The van der Waals surface area contributed by atoms with Crippen LogP contribution in [-0.4, -0.2) is 34.4 Å². The van der Waals surface area contributed by atoms with E-state index in [4.69, 9.17) is 4.74 Å². The molecule has 0 atom stereocenters. The van der Waals surface area contributed by atoms with Gasteiger partial charge in [0.2, 0.25) is 10.0 Å². The maximum Gasteiger partial charge on any atom is 0.212 e. The smallest absolute Gasteiger partial charge is 0.212 e. The molecule has 0 bridgehead atoms. The highest BCUT2D eigenvalue weighted by atomic mass is 32.2. The minimum atomic E-state index is -3.12. The van der Waals surface area contributed by atoms with Crippen molar-refractivity contribution in [3.8, 4) is 5.75 Å². The molecule has 1 aromatic rings. The highest BCUT2D eigenvalue weighted by Gasteiger charge is 2.05. The van der Waals surface area contributed by atoms with E-state index in [2.05, 4.69) is 10.0 Å². The Balaban J connectivity index is 2.31. The first-order valence-electron chi connectivity index (χ1n) is 5.91. The van der Waals surface area contributed by atoms with Gasteiger partial charge in [-0.1, -0.05) is 12.1 Å². The van der Waals surface area contributed by atoms with Crippen LogP contribution in [0.5, 0.6) is 5.75 Å². The standard InChI is InChI=1S/C12H20N2O3S/c1-3-17-12-6-4-11(5-7-12)10-14-8-9-18(15,16)13-2/h4-7,13-14H,3,8-10H2,1-2H3. The third-order valence-corrected chi connectivity index (χ3v) is 3.79. The second-order valence-electron chi connectivity index (χ2n) is 3.78. The summed E-state index contributed by atoms with van der Waals surface area (Å²) >= 11 is 0. The van der Waals surface area contributed by atoms with Gasteiger partial charge in [-0.25, -0.2) is 13.1 Å². The fraction of sp³-hybridized carbons (Fsp3) is 0.500. The zero-order valence-corrected chi connectivity index (χ0v) is 11.6. The van der Waals surface area contributed by atoms with Crippen molar-refractivity contribution < 1.29 is 13.2 Å². The van der Waals surface area contributed by atoms with Crippen molar-refractivity contribution in [3.63, 3.8) is 0 Å². The highest BCUT2D eigenvalue weighted by Crippen LogP contribution is 2.11. The minimum Gasteiger partial charge on any atom is -0.494 e. The van der Waals surface area contributed by atoms with Crippen LogP contribution in [0.2, 0.25) is 0 Å². The monoisotopic (exact) mass is 272 g/mol. The second-order valence-corrected chi connectivity index (χ2v) is 5.82. The Kier molecular flexibility index (Phi) is 6.11. The number of ether oxygens (including phenoxy) is 1. The molecule has 5 nitrogen and oxygen atoms in total. The van der Waals surface area contributed by atoms with Crippen LogP contribution in [0.3, 0.4) is 0 Å². The molecule has 0 aromatic heterocycles. The third-order valence-electron chi connectivity index (χ3n) is 2.42. The Morgan fingerprint density at radius 2 is 1.89 bits per heavy atom. The van der Waals surface area contributed by atoms with Gasteiger partial charge in [0.25, 0.3) is 0 Å². The summed E-state index contributed by atoms with van der Waals surface area (Å²) in [6.45, 7) is 3.67. The van der Waals surface area contributed by atoms with Crippen LogP contribution < -0.4 is 14.8 Å². The first-order chi connectivity index (χ1) is 8.57. The van der Waals surface area contributed by atoms with Crippen LogP contribution in [0.15, 0.2) is 24.3 Å². The van der Waals surface area contributed by atoms with E-state index in [0.717, 1.165) is 11.3 Å². The number of rotatable bonds is 8. The second kappa shape index (κ2) is 7.35. The van der Waals surface area contributed by atoms with Gasteiger partial charge in [0.1, 0.15) is 5.75 Å². The van der Waals surface area contributed by atoms with Gasteiger partial charge < -0.3 is 10.1 Å². The number of sulfonamides is 1. The molecule has 0 heterocycles. The Bertz CT molecular complexity index is 443. The summed E-state index contributed by atoms with van der Waals surface area (Å²) in [5.74, 6) is 0.930. The summed E-state index contributed by atoms with van der Waals surface area (Å²) in [7, 11) is -1.70. The molecule has 0 aliphatic carbocycles. The SMILES string of the molecule is CCOc1ccc(CNCCS(=O)(=O)NC)cc1. The fourth-order valence-corrected chi connectivity index (χ4v) is 2.03. The number of hydrogen-bond acceptors (Lipinski definition) is 4. The zero-order valence-electron chi connectivity index (χ0n) is 10.8. The van der Waals surface area contributed by atoms with Crippen molar-refractivity contribution in [1.29, 1.82) is 0 Å². The van der Waals surface area contributed by atoms with Gasteiger partial charge in [0.05, 0.1) is 12.4 Å². The molecule has 18 heavy (non-hydrogen) atoms. The van der Waals surface area contributed by atoms with Gasteiger partial charge in [-0.05, 0) is 31.7 Å². The quantitative estimate of drug-likeness (QED) is 0.684. The van der Waals surface area contributed by atoms with Crippen LogP contribution in [0.25, 0.3) is 0 Å². The van der Waals surface area contributed by atoms with Crippen molar-refractivity contribution in [1.82, 2.24) is 10.0 Å². The molecular formula is C12H20N2O3S. The van der Waals surface area contributed by atoms with Gasteiger partial charge in [0, 0.05) is 13.1 Å². The van der Waals surface area contributed by atoms with E-state index < -0.39 is 10.0 Å². The number of benzene rings is 1. The molecular weight excluding hydrogens is 252 g/mol. The maximum atomic E-state index is 11.2. The fourth-order valence-electron chi connectivity index (χ4n) is 1.41. The molecule has 0 fully saturated rings. The van der Waals surface area contributed by atoms with E-state index >= 15 is 0 Å². The van der Waals surface area contributed by atoms with E-state index in [0.29, 0.717) is 19.7 Å². The number of hydrogen-bond donors (Lipinski definition) is 2. The lowest BCUT2D eigenvalue weighted by atomic mass is 10.2. The van der Waals surface area contributed by atoms with E-state index in [1.165, 1.54) is 7.05 Å². The summed E-state index contributed by atoms with van der Waals surface area (Å²) in [6, 6.07) is 7.74. The van der Waals surface area contributed by atoms with Crippen LogP contribution in [0.4, 0.5) is 0 Å². The van der Waals surface area contributed by atoms with Gasteiger partial charge in [0.15, 0.2) is 0 Å². The highest BCUT2D eigenvalue weighted by molar-refractivity contribution is 7.89. The van der Waals surface area contributed by atoms with Crippen molar-refractivity contribution in [2.24, 2.45) is 0 Å². The molecule has 0 unspecified atom stereocenters. The lowest BCUT2D eigenvalue weighted by molar-refractivity contribution is 0.340. The van der Waals surface area contributed by atoms with E-state index in [-0.39, 0.29) is 5.75 Å². The molecule has 0 saturated heterocycles. The minimum absolute atomic E-state index is 0.0839. The first kappa shape index (κ1) is 14.9. The van der Waals surface area contributed by atoms with Crippen molar-refractivity contribution >= 4 is 10.0 Å². The van der Waals surface area contributed by atoms with Crippen molar-refractivity contribution in [3.05, 3.63) is 29.8 Å². The van der Waals surface area contributed by atoms with Crippen LogP contribution >= 0.6 is 0 Å². The van der Waals surface area contributed by atoms with E-state index in [1.54, 1.807) is 0 Å². The van der Waals surface area contributed by atoms with Crippen LogP contribution in [0, 0.1) is 0 Å². The van der Waals surface area contributed by atoms with E-state index in [9.17, 15) is 8.42 Å². The number of nitrogens with one attached hydrogen (secondary N) is 2. The van der Waals surface area contributed by atoms with Crippen LogP contribution in [0.1, 0.15) is 12.5 Å². The van der Waals surface area contributed by atoms with Gasteiger partial charge >= 0.3 is 0 Å². The van der Waals surface area contributed by atoms with Gasteiger partial charge in [-0.15, -0.1) is 0 Å². The molecule has 1 aromatic carbocycles. The molecule has 0 spiro atoms. The van der Waals surface area contributed by atoms with Crippen molar-refractivity contribution in [2.75, 3.05) is 26.0 Å². The predicted octanol–water partition coefficient (Wildman–Crippen LogP) is 0.724. The summed E-state index contributed by atoms with van der Waals surface area (Å²) in [5, 5.41) is 3.08. The molecule has 1 rings (SSSR count).